The van der Waals surface area contributed by atoms with Gasteiger partial charge in [-0.1, -0.05) is 12.1 Å². The molecular formula is C23H25FN2O3. The Morgan fingerprint density at radius 1 is 1.10 bits per heavy atom. The van der Waals surface area contributed by atoms with Crippen LogP contribution in [0.15, 0.2) is 48.5 Å². The molecule has 1 atom stereocenters. The summed E-state index contributed by atoms with van der Waals surface area (Å²) >= 11 is 0. The van der Waals surface area contributed by atoms with E-state index in [4.69, 9.17) is 4.74 Å². The highest BCUT2D eigenvalue weighted by molar-refractivity contribution is 5.68. The van der Waals surface area contributed by atoms with Crippen LogP contribution in [0.2, 0.25) is 0 Å². The summed E-state index contributed by atoms with van der Waals surface area (Å²) in [7, 11) is 0. The van der Waals surface area contributed by atoms with Crippen LogP contribution in [-0.4, -0.2) is 46.7 Å². The molecule has 29 heavy (non-hydrogen) atoms. The van der Waals surface area contributed by atoms with E-state index < -0.39 is 11.6 Å². The van der Waals surface area contributed by atoms with Crippen LogP contribution in [0.4, 0.5) is 9.18 Å². The Bertz CT molecular complexity index is 905. The number of fused-ring (bicyclic) bond motifs is 3. The quantitative estimate of drug-likeness (QED) is 0.797. The Hall–Kier alpha value is -2.60. The molecule has 6 heteroatoms. The second-order valence-electron chi connectivity index (χ2n) is 8.47. The fourth-order valence-electron chi connectivity index (χ4n) is 5.14. The molecule has 4 fully saturated rings. The van der Waals surface area contributed by atoms with Crippen LogP contribution in [0.25, 0.3) is 0 Å². The largest absolute Gasteiger partial charge is 0.465 e. The highest BCUT2D eigenvalue weighted by Crippen LogP contribution is 2.54. The number of piperidine rings is 3. The van der Waals surface area contributed by atoms with Crippen molar-refractivity contribution in [2.45, 2.75) is 37.3 Å². The zero-order chi connectivity index (χ0) is 20.0. The van der Waals surface area contributed by atoms with E-state index in [2.05, 4.69) is 4.90 Å². The van der Waals surface area contributed by atoms with Gasteiger partial charge in [-0.15, -0.1) is 0 Å². The molecule has 5 nitrogen and oxygen atoms in total. The van der Waals surface area contributed by atoms with Crippen LogP contribution < -0.4 is 4.74 Å². The zero-order valence-electron chi connectivity index (χ0n) is 16.3. The Morgan fingerprint density at radius 3 is 2.41 bits per heavy atom. The first-order valence-electron chi connectivity index (χ1n) is 10.3. The number of rotatable bonds is 5. The van der Waals surface area contributed by atoms with E-state index in [9.17, 15) is 14.3 Å². The molecule has 4 aliphatic rings. The molecule has 152 valence electrons. The number of halogens is 1. The van der Waals surface area contributed by atoms with Crippen molar-refractivity contribution >= 4 is 6.09 Å². The molecule has 1 saturated carbocycles. The maximum absolute atomic E-state index is 13.1. The molecule has 2 bridgehead atoms. The summed E-state index contributed by atoms with van der Waals surface area (Å²) in [6.45, 7) is 3.01. The van der Waals surface area contributed by atoms with E-state index in [1.807, 2.05) is 24.3 Å². The van der Waals surface area contributed by atoms with Crippen molar-refractivity contribution in [1.82, 2.24) is 9.80 Å². The highest BCUT2D eigenvalue weighted by Gasteiger charge is 2.56. The fraction of sp³-hybridized carbons (Fsp3) is 0.435. The van der Waals surface area contributed by atoms with Crippen LogP contribution in [0.3, 0.4) is 0 Å². The van der Waals surface area contributed by atoms with Crippen molar-refractivity contribution in [1.29, 1.82) is 0 Å². The summed E-state index contributed by atoms with van der Waals surface area (Å²) in [6, 6.07) is 13.7. The minimum atomic E-state index is -0.828. The van der Waals surface area contributed by atoms with Gasteiger partial charge in [-0.05, 0) is 86.7 Å². The first-order chi connectivity index (χ1) is 14.0. The molecule has 0 aromatic heterocycles. The molecule has 1 unspecified atom stereocenters. The van der Waals surface area contributed by atoms with Gasteiger partial charge < -0.3 is 14.7 Å². The molecule has 0 radical (unpaired) electrons. The highest BCUT2D eigenvalue weighted by atomic mass is 19.1. The predicted octanol–water partition coefficient (Wildman–Crippen LogP) is 4.68. The Balaban J connectivity index is 1.43. The molecule has 2 aromatic carbocycles. The van der Waals surface area contributed by atoms with Gasteiger partial charge >= 0.3 is 6.09 Å². The van der Waals surface area contributed by atoms with Crippen LogP contribution in [0.5, 0.6) is 11.5 Å². The third-order valence-corrected chi connectivity index (χ3v) is 6.76. The van der Waals surface area contributed by atoms with E-state index in [0.717, 1.165) is 50.9 Å². The summed E-state index contributed by atoms with van der Waals surface area (Å²) in [4.78, 5) is 16.5. The molecule has 1 N–H and O–H groups in total. The second-order valence-corrected chi connectivity index (χ2v) is 8.47. The van der Waals surface area contributed by atoms with E-state index >= 15 is 0 Å². The lowest BCUT2D eigenvalue weighted by Gasteiger charge is -2.50. The molecule has 2 aromatic rings. The fourth-order valence-corrected chi connectivity index (χ4v) is 5.14. The van der Waals surface area contributed by atoms with E-state index in [1.54, 1.807) is 17.0 Å². The maximum atomic E-state index is 13.1. The minimum Gasteiger partial charge on any atom is -0.465 e. The number of benzene rings is 2. The number of carboxylic acid groups (broad SMARTS) is 1. The second kappa shape index (κ2) is 7.02. The Kier molecular flexibility index (Phi) is 4.46. The van der Waals surface area contributed by atoms with E-state index in [0.29, 0.717) is 17.4 Å². The Labute approximate surface area is 169 Å². The summed E-state index contributed by atoms with van der Waals surface area (Å²) in [5.41, 5.74) is 0.521. The van der Waals surface area contributed by atoms with Gasteiger partial charge in [-0.3, -0.25) is 4.90 Å². The standard InChI is InChI=1S/C23H25FN2O3/c24-18-4-6-19(7-5-18)29-20-3-1-2-17(14-20)23(10-11-23)26(22(27)28)21-15-25-12-8-16(21)9-13-25/h1-7,14,16,21H,8-13,15H2,(H,27,28). The van der Waals surface area contributed by atoms with Crippen LogP contribution in [0.1, 0.15) is 31.2 Å². The van der Waals surface area contributed by atoms with E-state index in [1.165, 1.54) is 12.1 Å². The molecule has 3 saturated heterocycles. The molecule has 1 aliphatic carbocycles. The average Bonchev–Trinajstić information content (AvgIpc) is 3.52. The number of carbonyl (C=O) groups is 1. The molecule has 3 heterocycles. The summed E-state index contributed by atoms with van der Waals surface area (Å²) in [6.07, 6.45) is 3.01. The Morgan fingerprint density at radius 2 is 1.83 bits per heavy atom. The van der Waals surface area contributed by atoms with Gasteiger partial charge in [0.1, 0.15) is 17.3 Å². The topological polar surface area (TPSA) is 53.0 Å². The van der Waals surface area contributed by atoms with Gasteiger partial charge in [0, 0.05) is 6.54 Å². The normalized spacial score (nSPS) is 26.7. The first-order valence-corrected chi connectivity index (χ1v) is 10.3. The molecule has 3 aliphatic heterocycles. The van der Waals surface area contributed by atoms with Crippen molar-refractivity contribution in [3.05, 3.63) is 59.9 Å². The molecule has 0 spiro atoms. The lowest BCUT2D eigenvalue weighted by molar-refractivity contribution is -0.0131. The molecular weight excluding hydrogens is 371 g/mol. The van der Waals surface area contributed by atoms with Gasteiger partial charge in [0.25, 0.3) is 0 Å². The van der Waals surface area contributed by atoms with Crippen molar-refractivity contribution in [3.8, 4) is 11.5 Å². The maximum Gasteiger partial charge on any atom is 0.408 e. The van der Waals surface area contributed by atoms with Gasteiger partial charge in [0.15, 0.2) is 0 Å². The number of amides is 1. The average molecular weight is 396 g/mol. The summed E-state index contributed by atoms with van der Waals surface area (Å²) < 4.78 is 19.0. The number of nitrogens with zero attached hydrogens (tertiary/aromatic N) is 2. The first kappa shape index (κ1) is 18.4. The monoisotopic (exact) mass is 396 g/mol. The van der Waals surface area contributed by atoms with Crippen molar-refractivity contribution < 1.29 is 19.0 Å². The molecule has 6 rings (SSSR count). The van der Waals surface area contributed by atoms with Crippen LogP contribution in [-0.2, 0) is 5.54 Å². The predicted molar refractivity (Wildman–Crippen MR) is 107 cm³/mol. The zero-order valence-corrected chi connectivity index (χ0v) is 16.3. The van der Waals surface area contributed by atoms with Gasteiger partial charge in [0.2, 0.25) is 0 Å². The van der Waals surface area contributed by atoms with E-state index in [-0.39, 0.29) is 11.9 Å². The third kappa shape index (κ3) is 3.35. The smallest absolute Gasteiger partial charge is 0.408 e. The van der Waals surface area contributed by atoms with Crippen molar-refractivity contribution in [2.75, 3.05) is 19.6 Å². The van der Waals surface area contributed by atoms with Gasteiger partial charge in [-0.2, -0.15) is 0 Å². The lowest BCUT2D eigenvalue weighted by atomic mass is 9.82. The van der Waals surface area contributed by atoms with Crippen molar-refractivity contribution in [3.63, 3.8) is 0 Å². The lowest BCUT2D eigenvalue weighted by Crippen LogP contribution is -2.61. The number of ether oxygens (including phenoxy) is 1. The SMILES string of the molecule is O=C(O)N(C1CN2CCC1CC2)C1(c2cccc(Oc3ccc(F)cc3)c2)CC1. The van der Waals surface area contributed by atoms with Gasteiger partial charge in [-0.25, -0.2) is 9.18 Å². The third-order valence-electron chi connectivity index (χ3n) is 6.76. The molecule has 1 amide bonds. The van der Waals surface area contributed by atoms with Gasteiger partial charge in [0.05, 0.1) is 11.6 Å². The minimum absolute atomic E-state index is 0.0548. The number of hydrogen-bond acceptors (Lipinski definition) is 3. The van der Waals surface area contributed by atoms with Crippen LogP contribution in [0, 0.1) is 11.7 Å². The summed E-state index contributed by atoms with van der Waals surface area (Å²) in [5, 5.41) is 10.2. The van der Waals surface area contributed by atoms with Crippen LogP contribution >= 0.6 is 0 Å². The number of hydrogen-bond donors (Lipinski definition) is 1. The summed E-state index contributed by atoms with van der Waals surface area (Å²) in [5.74, 6) is 1.34. The van der Waals surface area contributed by atoms with Crippen molar-refractivity contribution in [2.24, 2.45) is 5.92 Å².